The molecule has 134 valence electrons. The average Bonchev–Trinajstić information content (AvgIpc) is 2.36. The van der Waals surface area contributed by atoms with E-state index in [1.165, 1.54) is 0 Å². The minimum absolute atomic E-state index is 0. The van der Waals surface area contributed by atoms with Gasteiger partial charge in [0.1, 0.15) is 0 Å². The molecule has 1 aromatic carbocycles. The number of anilines is 1. The molecule has 0 saturated carbocycles. The van der Waals surface area contributed by atoms with Gasteiger partial charge >= 0.3 is 10.2 Å². The second kappa shape index (κ2) is 8.26. The summed E-state index contributed by atoms with van der Waals surface area (Å²) >= 11 is 14.3. The summed E-state index contributed by atoms with van der Waals surface area (Å²) in [6.07, 6.45) is -5.32. The fourth-order valence-electron chi connectivity index (χ4n) is 1.26. The molecule has 0 unspecified atom stereocenters. The molecule has 23 heavy (non-hydrogen) atoms. The number of hydrogen-bond acceptors (Lipinski definition) is 4. The van der Waals surface area contributed by atoms with Crippen molar-refractivity contribution in [1.29, 1.82) is 0 Å². The standard InChI is InChI=1S/C9H4Cl3F5N2O2S.Ni/c10-4-1-3(7(20)18-21)2-5(6(4)13)19(9(15,16)17)22-8(11,12)14;/h1-2,21H,(H,18,20);. The van der Waals surface area contributed by atoms with E-state index in [1.54, 1.807) is 0 Å². The van der Waals surface area contributed by atoms with Crippen molar-refractivity contribution in [1.82, 2.24) is 5.48 Å². The van der Waals surface area contributed by atoms with E-state index < -0.39 is 54.5 Å². The van der Waals surface area contributed by atoms with E-state index in [4.69, 9.17) is 40.0 Å². The molecule has 1 rings (SSSR count). The van der Waals surface area contributed by atoms with Gasteiger partial charge in [0.15, 0.2) is 5.82 Å². The van der Waals surface area contributed by atoms with Crippen molar-refractivity contribution < 1.29 is 48.4 Å². The Morgan fingerprint density at radius 1 is 1.26 bits per heavy atom. The SMILES string of the molecule is O=C(NO)c1cc(Cl)c(F)c(N(SC(F)(Cl)Cl)C(F)(F)F)c1.[Ni]. The fourth-order valence-corrected chi connectivity index (χ4v) is 2.43. The van der Waals surface area contributed by atoms with Crippen LogP contribution >= 0.6 is 46.8 Å². The monoisotopic (exact) mass is 462 g/mol. The van der Waals surface area contributed by atoms with Crippen LogP contribution in [0.2, 0.25) is 5.02 Å². The van der Waals surface area contributed by atoms with Crippen LogP contribution in [-0.4, -0.2) is 21.3 Å². The summed E-state index contributed by atoms with van der Waals surface area (Å²) in [5.41, 5.74) is -0.817. The molecule has 0 spiro atoms. The third-order valence-electron chi connectivity index (χ3n) is 2.02. The summed E-state index contributed by atoms with van der Waals surface area (Å²) in [5.74, 6) is -2.86. The first-order chi connectivity index (χ1) is 9.86. The van der Waals surface area contributed by atoms with Gasteiger partial charge in [0.05, 0.1) is 10.7 Å². The van der Waals surface area contributed by atoms with Gasteiger partial charge in [-0.1, -0.05) is 34.8 Å². The van der Waals surface area contributed by atoms with E-state index in [1.807, 2.05) is 0 Å². The smallest absolute Gasteiger partial charge is 0.288 e. The van der Waals surface area contributed by atoms with Crippen molar-refractivity contribution in [2.75, 3.05) is 4.31 Å². The number of carbonyl (C=O) groups is 1. The van der Waals surface area contributed by atoms with Crippen molar-refractivity contribution >= 4 is 58.3 Å². The third-order valence-corrected chi connectivity index (χ3v) is 3.50. The maximum atomic E-state index is 13.8. The number of nitrogens with one attached hydrogen (secondary N) is 1. The van der Waals surface area contributed by atoms with Crippen LogP contribution in [0.1, 0.15) is 10.4 Å². The van der Waals surface area contributed by atoms with Crippen molar-refractivity contribution in [2.24, 2.45) is 0 Å². The Kier molecular flexibility index (Phi) is 8.20. The van der Waals surface area contributed by atoms with Crippen LogP contribution in [0.25, 0.3) is 0 Å². The Balaban J connectivity index is 0.00000484. The van der Waals surface area contributed by atoms with Crippen molar-refractivity contribution in [3.05, 3.63) is 28.5 Å². The molecule has 0 aliphatic carbocycles. The Bertz CT molecular complexity index is 588. The Labute approximate surface area is 155 Å². The third kappa shape index (κ3) is 6.32. The number of carbonyl (C=O) groups excluding carboxylic acids is 1. The summed E-state index contributed by atoms with van der Waals surface area (Å²) in [4.78, 5) is 11.2. The van der Waals surface area contributed by atoms with Crippen molar-refractivity contribution in [3.8, 4) is 0 Å². The van der Waals surface area contributed by atoms with E-state index in [0.717, 1.165) is 5.48 Å². The molecule has 0 radical (unpaired) electrons. The number of benzene rings is 1. The zero-order chi connectivity index (χ0) is 17.3. The molecule has 0 aliphatic heterocycles. The minimum atomic E-state index is -5.32. The average molecular weight is 464 g/mol. The summed E-state index contributed by atoms with van der Waals surface area (Å²) in [6.45, 7) is 0. The van der Waals surface area contributed by atoms with E-state index in [9.17, 15) is 26.7 Å². The van der Waals surface area contributed by atoms with Crippen LogP contribution in [-0.2, 0) is 16.5 Å². The molecule has 2 N–H and O–H groups in total. The second-order valence-corrected chi connectivity index (χ2v) is 6.73. The molecule has 0 bridgehead atoms. The van der Waals surface area contributed by atoms with Crippen LogP contribution in [0.4, 0.5) is 27.6 Å². The van der Waals surface area contributed by atoms with E-state index in [2.05, 4.69) is 0 Å². The van der Waals surface area contributed by atoms with E-state index in [-0.39, 0.29) is 16.5 Å². The molecule has 4 nitrogen and oxygen atoms in total. The maximum absolute atomic E-state index is 13.8. The molecule has 1 aromatic rings. The van der Waals surface area contributed by atoms with Crippen LogP contribution in [0.5, 0.6) is 0 Å². The topological polar surface area (TPSA) is 52.6 Å². The summed E-state index contributed by atoms with van der Waals surface area (Å²) in [6, 6.07) is 1.04. The summed E-state index contributed by atoms with van der Waals surface area (Å²) in [5, 5.41) is 7.57. The first kappa shape index (κ1) is 22.8. The van der Waals surface area contributed by atoms with Gasteiger partial charge in [-0.05, 0) is 12.1 Å². The second-order valence-electron chi connectivity index (χ2n) is 3.53. The van der Waals surface area contributed by atoms with Crippen molar-refractivity contribution in [3.63, 3.8) is 0 Å². The molecule has 14 heteroatoms. The number of hydroxylamine groups is 1. The van der Waals surface area contributed by atoms with Crippen molar-refractivity contribution in [2.45, 2.75) is 10.2 Å². The van der Waals surface area contributed by atoms with Gasteiger partial charge in [-0.15, -0.1) is 13.2 Å². The predicted octanol–water partition coefficient (Wildman–Crippen LogP) is 4.63. The van der Waals surface area contributed by atoms with Gasteiger partial charge in [0.25, 0.3) is 5.91 Å². The zero-order valence-corrected chi connectivity index (χ0v) is 14.3. The molecule has 0 atom stereocenters. The number of rotatable bonds is 4. The zero-order valence-electron chi connectivity index (χ0n) is 10.2. The molecule has 0 fully saturated rings. The predicted molar refractivity (Wildman–Crippen MR) is 72.3 cm³/mol. The van der Waals surface area contributed by atoms with Crippen LogP contribution < -0.4 is 9.79 Å². The molecular formula is C9H4Cl3F5N2NiO2S. The molecule has 0 saturated heterocycles. The van der Waals surface area contributed by atoms with Gasteiger partial charge in [-0.2, -0.15) is 4.39 Å². The quantitative estimate of drug-likeness (QED) is 0.130. The Morgan fingerprint density at radius 3 is 2.17 bits per heavy atom. The first-order valence-electron chi connectivity index (χ1n) is 4.93. The van der Waals surface area contributed by atoms with Gasteiger partial charge in [-0.25, -0.2) is 14.2 Å². The fraction of sp³-hybridized carbons (Fsp3) is 0.222. The van der Waals surface area contributed by atoms with Crippen LogP contribution in [0.15, 0.2) is 12.1 Å². The van der Waals surface area contributed by atoms with Crippen LogP contribution in [0, 0.1) is 5.82 Å². The molecule has 0 aliphatic rings. The Hall–Kier alpha value is -0.186. The number of halogens is 8. The Morgan fingerprint density at radius 2 is 1.78 bits per heavy atom. The molecule has 1 amide bonds. The number of hydrogen-bond donors (Lipinski definition) is 2. The summed E-state index contributed by atoms with van der Waals surface area (Å²) in [7, 11) is 0. The maximum Gasteiger partial charge on any atom is 0.495 e. The first-order valence-corrected chi connectivity index (χ1v) is 6.84. The van der Waals surface area contributed by atoms with E-state index >= 15 is 0 Å². The molecular weight excluding hydrogens is 460 g/mol. The van der Waals surface area contributed by atoms with Gasteiger partial charge in [-0.3, -0.25) is 10.0 Å². The molecule has 0 heterocycles. The molecule has 0 aromatic heterocycles. The largest absolute Gasteiger partial charge is 0.495 e. The minimum Gasteiger partial charge on any atom is -0.288 e. The van der Waals surface area contributed by atoms with Gasteiger partial charge < -0.3 is 0 Å². The van der Waals surface area contributed by atoms with Gasteiger partial charge in [0.2, 0.25) is 0 Å². The van der Waals surface area contributed by atoms with E-state index in [0.29, 0.717) is 12.1 Å². The summed E-state index contributed by atoms with van der Waals surface area (Å²) < 4.78 is 61.4. The normalized spacial score (nSPS) is 11.7. The number of alkyl halides is 6. The van der Waals surface area contributed by atoms with Crippen LogP contribution in [0.3, 0.4) is 0 Å². The number of nitrogens with zero attached hydrogens (tertiary/aromatic N) is 1. The number of amides is 1. The van der Waals surface area contributed by atoms with Gasteiger partial charge in [0, 0.05) is 34.0 Å².